The maximum atomic E-state index is 12.2. The number of nitrogens with one attached hydrogen (secondary N) is 2. The van der Waals surface area contributed by atoms with Gasteiger partial charge in [0, 0.05) is 5.69 Å². The van der Waals surface area contributed by atoms with Gasteiger partial charge in [0.1, 0.15) is 5.75 Å². The lowest BCUT2D eigenvalue weighted by molar-refractivity contribution is -0.133. The van der Waals surface area contributed by atoms with Gasteiger partial charge in [0.2, 0.25) is 0 Å². The summed E-state index contributed by atoms with van der Waals surface area (Å²) in [7, 11) is 0. The highest BCUT2D eigenvalue weighted by Crippen LogP contribution is 2.24. The zero-order valence-electron chi connectivity index (χ0n) is 13.8. The zero-order chi connectivity index (χ0) is 17.6. The average molecular weight is 334 g/mol. The highest BCUT2D eigenvalue weighted by molar-refractivity contribution is 6.43. The van der Waals surface area contributed by atoms with E-state index in [9.17, 15) is 9.59 Å². The molecule has 0 radical (unpaired) electrons. The van der Waals surface area contributed by atoms with Crippen molar-refractivity contribution in [2.45, 2.75) is 6.92 Å². The molecule has 3 aromatic carbocycles. The second kappa shape index (κ2) is 7.49. The van der Waals surface area contributed by atoms with Crippen molar-refractivity contribution in [3.05, 3.63) is 66.7 Å². The van der Waals surface area contributed by atoms with Gasteiger partial charge in [-0.2, -0.15) is 0 Å². The Hall–Kier alpha value is -3.34. The predicted molar refractivity (Wildman–Crippen MR) is 98.8 cm³/mol. The van der Waals surface area contributed by atoms with E-state index in [1.165, 1.54) is 0 Å². The second-order valence-corrected chi connectivity index (χ2v) is 5.40. The van der Waals surface area contributed by atoms with Crippen molar-refractivity contribution in [1.82, 2.24) is 0 Å². The first-order chi connectivity index (χ1) is 12.2. The van der Waals surface area contributed by atoms with Crippen molar-refractivity contribution in [2.24, 2.45) is 0 Å². The molecule has 25 heavy (non-hydrogen) atoms. The van der Waals surface area contributed by atoms with Gasteiger partial charge in [-0.05, 0) is 42.0 Å². The van der Waals surface area contributed by atoms with E-state index in [0.717, 1.165) is 10.8 Å². The van der Waals surface area contributed by atoms with E-state index in [-0.39, 0.29) is 0 Å². The number of rotatable bonds is 4. The van der Waals surface area contributed by atoms with Crippen LogP contribution >= 0.6 is 0 Å². The van der Waals surface area contributed by atoms with Crippen molar-refractivity contribution >= 4 is 34.0 Å². The Morgan fingerprint density at radius 3 is 2.32 bits per heavy atom. The van der Waals surface area contributed by atoms with Gasteiger partial charge in [0.25, 0.3) is 0 Å². The van der Waals surface area contributed by atoms with Gasteiger partial charge < -0.3 is 15.4 Å². The van der Waals surface area contributed by atoms with E-state index < -0.39 is 11.8 Å². The van der Waals surface area contributed by atoms with Gasteiger partial charge >= 0.3 is 11.8 Å². The van der Waals surface area contributed by atoms with Crippen LogP contribution in [-0.2, 0) is 9.59 Å². The summed E-state index contributed by atoms with van der Waals surface area (Å²) in [5, 5.41) is 7.24. The number of benzene rings is 3. The molecule has 126 valence electrons. The molecule has 0 aliphatic rings. The number of hydrogen-bond donors (Lipinski definition) is 2. The minimum Gasteiger partial charge on any atom is -0.492 e. The Bertz CT molecular complexity index is 921. The van der Waals surface area contributed by atoms with Crippen LogP contribution in [0.1, 0.15) is 6.92 Å². The molecular weight excluding hydrogens is 316 g/mol. The van der Waals surface area contributed by atoms with Gasteiger partial charge in [-0.3, -0.25) is 9.59 Å². The van der Waals surface area contributed by atoms with Crippen LogP contribution < -0.4 is 15.4 Å². The summed E-state index contributed by atoms with van der Waals surface area (Å²) in [6.07, 6.45) is 0. The third-order valence-electron chi connectivity index (χ3n) is 3.65. The fraction of sp³-hybridized carbons (Fsp3) is 0.100. The molecule has 5 nitrogen and oxygen atoms in total. The summed E-state index contributed by atoms with van der Waals surface area (Å²) in [5.74, 6) is -0.959. The third kappa shape index (κ3) is 3.95. The molecule has 5 heteroatoms. The monoisotopic (exact) mass is 334 g/mol. The maximum Gasteiger partial charge on any atom is 0.314 e. The topological polar surface area (TPSA) is 67.4 Å². The lowest BCUT2D eigenvalue weighted by Crippen LogP contribution is -2.29. The zero-order valence-corrected chi connectivity index (χ0v) is 13.8. The van der Waals surface area contributed by atoms with Crippen LogP contribution in [0.5, 0.6) is 5.75 Å². The first-order valence-corrected chi connectivity index (χ1v) is 8.00. The predicted octanol–water partition coefficient (Wildman–Crippen LogP) is 3.82. The summed E-state index contributed by atoms with van der Waals surface area (Å²) in [6.45, 7) is 2.32. The quantitative estimate of drug-likeness (QED) is 0.713. The number of carbonyl (C=O) groups excluding carboxylic acids is 2. The standard InChI is InChI=1S/C20H18N2O3/c1-2-25-18-10-6-5-9-17(18)22-20(24)19(23)21-16-12-11-14-7-3-4-8-15(14)13-16/h3-13H,2H2,1H3,(H,21,23)(H,22,24). The molecule has 3 aromatic rings. The molecule has 0 saturated heterocycles. The summed E-state index contributed by atoms with van der Waals surface area (Å²) in [6, 6.07) is 20.3. The molecule has 0 spiro atoms. The Kier molecular flexibility index (Phi) is 4.95. The van der Waals surface area contributed by atoms with E-state index in [1.54, 1.807) is 30.3 Å². The summed E-state index contributed by atoms with van der Waals surface area (Å²) in [5.41, 5.74) is 1.03. The number of ether oxygens (including phenoxy) is 1. The van der Waals surface area contributed by atoms with Gasteiger partial charge in [-0.25, -0.2) is 0 Å². The molecular formula is C20H18N2O3. The van der Waals surface area contributed by atoms with Crippen LogP contribution in [0.15, 0.2) is 66.7 Å². The maximum absolute atomic E-state index is 12.2. The van der Waals surface area contributed by atoms with Crippen molar-refractivity contribution in [1.29, 1.82) is 0 Å². The van der Waals surface area contributed by atoms with Crippen LogP contribution in [0, 0.1) is 0 Å². The number of anilines is 2. The van der Waals surface area contributed by atoms with Crippen LogP contribution in [0.2, 0.25) is 0 Å². The van der Waals surface area contributed by atoms with E-state index in [1.807, 2.05) is 43.3 Å². The number of carbonyl (C=O) groups is 2. The highest BCUT2D eigenvalue weighted by Gasteiger charge is 2.16. The van der Waals surface area contributed by atoms with Crippen LogP contribution in [-0.4, -0.2) is 18.4 Å². The smallest absolute Gasteiger partial charge is 0.314 e. The van der Waals surface area contributed by atoms with Crippen LogP contribution in [0.4, 0.5) is 11.4 Å². The lowest BCUT2D eigenvalue weighted by atomic mass is 10.1. The van der Waals surface area contributed by atoms with Gasteiger partial charge in [0.05, 0.1) is 12.3 Å². The molecule has 0 heterocycles. The molecule has 0 aliphatic heterocycles. The van der Waals surface area contributed by atoms with Crippen molar-refractivity contribution in [2.75, 3.05) is 17.2 Å². The second-order valence-electron chi connectivity index (χ2n) is 5.40. The van der Waals surface area contributed by atoms with Crippen LogP contribution in [0.25, 0.3) is 10.8 Å². The first-order valence-electron chi connectivity index (χ1n) is 8.00. The first kappa shape index (κ1) is 16.5. The molecule has 3 rings (SSSR count). The minimum absolute atomic E-state index is 0.461. The summed E-state index contributed by atoms with van der Waals surface area (Å²) < 4.78 is 5.44. The minimum atomic E-state index is -0.750. The van der Waals surface area contributed by atoms with Crippen LogP contribution in [0.3, 0.4) is 0 Å². The number of hydrogen-bond acceptors (Lipinski definition) is 3. The fourth-order valence-electron chi connectivity index (χ4n) is 2.49. The number of fused-ring (bicyclic) bond motifs is 1. The van der Waals surface area contributed by atoms with Gasteiger partial charge in [-0.15, -0.1) is 0 Å². The Morgan fingerprint density at radius 1 is 0.840 bits per heavy atom. The van der Waals surface area contributed by atoms with Crippen molar-refractivity contribution in [3.63, 3.8) is 0 Å². The molecule has 0 bridgehead atoms. The molecule has 0 atom stereocenters. The molecule has 2 amide bonds. The Balaban J connectivity index is 1.71. The average Bonchev–Trinajstić information content (AvgIpc) is 2.63. The van der Waals surface area contributed by atoms with E-state index in [4.69, 9.17) is 4.74 Å². The van der Waals surface area contributed by atoms with E-state index in [2.05, 4.69) is 10.6 Å². The number of para-hydroxylation sites is 2. The summed E-state index contributed by atoms with van der Waals surface area (Å²) >= 11 is 0. The molecule has 0 aliphatic carbocycles. The molecule has 0 aromatic heterocycles. The van der Waals surface area contributed by atoms with E-state index in [0.29, 0.717) is 23.7 Å². The Labute approximate surface area is 145 Å². The Morgan fingerprint density at radius 2 is 1.52 bits per heavy atom. The SMILES string of the molecule is CCOc1ccccc1NC(=O)C(=O)Nc1ccc2ccccc2c1. The summed E-state index contributed by atoms with van der Waals surface area (Å²) in [4.78, 5) is 24.3. The molecule has 0 fully saturated rings. The van der Waals surface area contributed by atoms with E-state index >= 15 is 0 Å². The van der Waals surface area contributed by atoms with Gasteiger partial charge in [-0.1, -0.05) is 42.5 Å². The molecule has 0 unspecified atom stereocenters. The van der Waals surface area contributed by atoms with Gasteiger partial charge in [0.15, 0.2) is 0 Å². The number of amides is 2. The lowest BCUT2D eigenvalue weighted by Gasteiger charge is -2.11. The largest absolute Gasteiger partial charge is 0.492 e. The molecule has 2 N–H and O–H groups in total. The normalized spacial score (nSPS) is 10.3. The van der Waals surface area contributed by atoms with Crippen molar-refractivity contribution in [3.8, 4) is 5.75 Å². The highest BCUT2D eigenvalue weighted by atomic mass is 16.5. The molecule has 0 saturated carbocycles. The fourth-order valence-corrected chi connectivity index (χ4v) is 2.49. The van der Waals surface area contributed by atoms with Crippen molar-refractivity contribution < 1.29 is 14.3 Å². The third-order valence-corrected chi connectivity index (χ3v) is 3.65.